The first kappa shape index (κ1) is 17.9. The van der Waals surface area contributed by atoms with E-state index in [0.717, 1.165) is 35.1 Å². The molecule has 1 aliphatic heterocycles. The van der Waals surface area contributed by atoms with Crippen LogP contribution in [0.4, 0.5) is 0 Å². The highest BCUT2D eigenvalue weighted by molar-refractivity contribution is 7.09. The second-order valence-electron chi connectivity index (χ2n) is 7.29. The zero-order chi connectivity index (χ0) is 19.0. The number of carbonyl (C=O) groups is 1. The van der Waals surface area contributed by atoms with Gasteiger partial charge in [0.15, 0.2) is 0 Å². The van der Waals surface area contributed by atoms with Gasteiger partial charge in [-0.05, 0) is 39.2 Å². The number of aromatic nitrogens is 3. The van der Waals surface area contributed by atoms with Gasteiger partial charge in [-0.15, -0.1) is 11.3 Å². The maximum Gasteiger partial charge on any atom is 0.274 e. The quantitative estimate of drug-likeness (QED) is 0.747. The minimum absolute atomic E-state index is 0.0213. The van der Waals surface area contributed by atoms with E-state index in [9.17, 15) is 4.79 Å². The Balaban J connectivity index is 1.62. The number of hydrogen-bond donors (Lipinski definition) is 1. The number of thiazole rings is 1. The van der Waals surface area contributed by atoms with Gasteiger partial charge in [0, 0.05) is 29.6 Å². The molecule has 6 heteroatoms. The van der Waals surface area contributed by atoms with Gasteiger partial charge in [0.1, 0.15) is 11.5 Å². The van der Waals surface area contributed by atoms with Crippen molar-refractivity contribution in [3.05, 3.63) is 69.2 Å². The third-order valence-corrected chi connectivity index (χ3v) is 6.32. The smallest absolute Gasteiger partial charge is 0.274 e. The second-order valence-corrected chi connectivity index (χ2v) is 8.35. The zero-order valence-corrected chi connectivity index (χ0v) is 16.8. The van der Waals surface area contributed by atoms with Crippen LogP contribution in [0, 0.1) is 20.8 Å². The van der Waals surface area contributed by atoms with E-state index in [0.29, 0.717) is 18.8 Å². The Morgan fingerprint density at radius 2 is 1.81 bits per heavy atom. The van der Waals surface area contributed by atoms with Crippen molar-refractivity contribution in [3.63, 3.8) is 0 Å². The van der Waals surface area contributed by atoms with E-state index in [4.69, 9.17) is 4.98 Å². The van der Waals surface area contributed by atoms with Crippen molar-refractivity contribution in [2.24, 2.45) is 0 Å². The van der Waals surface area contributed by atoms with Crippen LogP contribution in [0.25, 0.3) is 0 Å². The van der Waals surface area contributed by atoms with Crippen molar-refractivity contribution >= 4 is 17.2 Å². The fourth-order valence-electron chi connectivity index (χ4n) is 4.09. The molecule has 0 spiro atoms. The maximum atomic E-state index is 13.0. The number of likely N-dealkylation sites (tertiary alicyclic amines) is 1. The highest BCUT2D eigenvalue weighted by Gasteiger charge is 2.41. The third kappa shape index (κ3) is 3.18. The molecule has 2 aromatic heterocycles. The third-order valence-electron chi connectivity index (χ3n) is 5.55. The summed E-state index contributed by atoms with van der Waals surface area (Å²) in [5, 5.41) is 3.27. The summed E-state index contributed by atoms with van der Waals surface area (Å²) in [6.07, 6.45) is 1.74. The number of nitrogens with zero attached hydrogens (tertiary/aromatic N) is 3. The molecule has 5 nitrogen and oxygen atoms in total. The van der Waals surface area contributed by atoms with E-state index in [1.807, 2.05) is 31.7 Å². The molecule has 4 rings (SSSR count). The topological polar surface area (TPSA) is 61.9 Å². The minimum atomic E-state index is -0.126. The summed E-state index contributed by atoms with van der Waals surface area (Å²) in [5.74, 6) is 0.803. The molecule has 0 atom stereocenters. The number of H-pyrrole nitrogens is 1. The largest absolute Gasteiger partial charge is 0.346 e. The fraction of sp³-hybridized carbons (Fsp3) is 0.381. The molecular weight excluding hydrogens is 356 g/mol. The van der Waals surface area contributed by atoms with Gasteiger partial charge in [0.25, 0.3) is 5.91 Å². The van der Waals surface area contributed by atoms with Crippen molar-refractivity contribution in [3.8, 4) is 0 Å². The molecule has 1 amide bonds. The van der Waals surface area contributed by atoms with Gasteiger partial charge < -0.3 is 9.88 Å². The molecule has 0 radical (unpaired) electrons. The lowest BCUT2D eigenvalue weighted by Gasteiger charge is -2.41. The summed E-state index contributed by atoms with van der Waals surface area (Å²) in [7, 11) is 0. The molecule has 1 saturated heterocycles. The molecule has 1 aliphatic rings. The van der Waals surface area contributed by atoms with Crippen LogP contribution in [0.15, 0.2) is 35.7 Å². The summed E-state index contributed by atoms with van der Waals surface area (Å²) < 4.78 is 0. The van der Waals surface area contributed by atoms with Gasteiger partial charge >= 0.3 is 0 Å². The number of hydrogen-bond acceptors (Lipinski definition) is 4. The lowest BCUT2D eigenvalue weighted by atomic mass is 9.70. The molecule has 1 aromatic carbocycles. The summed E-state index contributed by atoms with van der Waals surface area (Å²) in [5.41, 5.74) is 3.68. The first-order chi connectivity index (χ1) is 13.0. The highest BCUT2D eigenvalue weighted by Crippen LogP contribution is 2.42. The maximum absolute atomic E-state index is 13.0. The summed E-state index contributed by atoms with van der Waals surface area (Å²) in [6, 6.07) is 10.6. The predicted molar refractivity (Wildman–Crippen MR) is 107 cm³/mol. The van der Waals surface area contributed by atoms with Crippen LogP contribution in [-0.4, -0.2) is 38.8 Å². The van der Waals surface area contributed by atoms with Gasteiger partial charge in [-0.25, -0.2) is 9.97 Å². The number of carbonyl (C=O) groups excluding carboxylic acids is 1. The molecule has 1 N–H and O–H groups in total. The van der Waals surface area contributed by atoms with Crippen LogP contribution in [0.1, 0.15) is 51.1 Å². The number of nitrogens with one attached hydrogen (secondary N) is 1. The van der Waals surface area contributed by atoms with Gasteiger partial charge in [-0.1, -0.05) is 30.3 Å². The van der Waals surface area contributed by atoms with Gasteiger partial charge in [0.2, 0.25) is 0 Å². The first-order valence-electron chi connectivity index (χ1n) is 9.30. The van der Waals surface area contributed by atoms with E-state index < -0.39 is 0 Å². The molecule has 3 heterocycles. The van der Waals surface area contributed by atoms with Crippen molar-refractivity contribution in [1.82, 2.24) is 19.9 Å². The Morgan fingerprint density at radius 3 is 2.37 bits per heavy atom. The van der Waals surface area contributed by atoms with Crippen molar-refractivity contribution < 1.29 is 4.79 Å². The van der Waals surface area contributed by atoms with Crippen LogP contribution in [-0.2, 0) is 5.41 Å². The SMILES string of the molecule is Cc1nc(C(=O)N2CCC(c3ccccc3)(c3csc(C)n3)CC2)c(C)[nH]1. The number of rotatable bonds is 3. The Bertz CT molecular complexity index is 952. The molecule has 27 heavy (non-hydrogen) atoms. The number of piperidine rings is 1. The van der Waals surface area contributed by atoms with E-state index in [1.165, 1.54) is 5.56 Å². The molecule has 1 fully saturated rings. The molecule has 0 unspecified atom stereocenters. The number of imidazole rings is 1. The average molecular weight is 381 g/mol. The Morgan fingerprint density at radius 1 is 1.11 bits per heavy atom. The second kappa shape index (κ2) is 6.93. The Labute approximate surface area is 163 Å². The molecule has 0 bridgehead atoms. The van der Waals surface area contributed by atoms with Crippen LogP contribution in [0.2, 0.25) is 0 Å². The Hall–Kier alpha value is -2.47. The standard InChI is InChI=1S/C21H24N4OS/c1-14-19(23-15(2)22-14)20(26)25-11-9-21(10-12-25,17-7-5-4-6-8-17)18-13-27-16(3)24-18/h4-8,13H,9-12H2,1-3H3,(H,22,23). The molecule has 3 aromatic rings. The molecular formula is C21H24N4OS. The monoisotopic (exact) mass is 380 g/mol. The lowest BCUT2D eigenvalue weighted by molar-refractivity contribution is 0.0678. The van der Waals surface area contributed by atoms with Gasteiger partial charge in [-0.2, -0.15) is 0 Å². The van der Waals surface area contributed by atoms with Crippen LogP contribution < -0.4 is 0 Å². The molecule has 0 saturated carbocycles. The first-order valence-corrected chi connectivity index (χ1v) is 10.2. The number of aryl methyl sites for hydroxylation is 3. The molecule has 140 valence electrons. The summed E-state index contributed by atoms with van der Waals surface area (Å²) >= 11 is 1.69. The van der Waals surface area contributed by atoms with Gasteiger partial charge in [0.05, 0.1) is 10.7 Å². The molecule has 0 aliphatic carbocycles. The number of aromatic amines is 1. The van der Waals surface area contributed by atoms with Crippen LogP contribution >= 0.6 is 11.3 Å². The van der Waals surface area contributed by atoms with Crippen LogP contribution in [0.5, 0.6) is 0 Å². The normalized spacial score (nSPS) is 16.5. The summed E-state index contributed by atoms with van der Waals surface area (Å²) in [6.45, 7) is 7.24. The minimum Gasteiger partial charge on any atom is -0.346 e. The van der Waals surface area contributed by atoms with E-state index >= 15 is 0 Å². The van der Waals surface area contributed by atoms with Crippen molar-refractivity contribution in [2.75, 3.05) is 13.1 Å². The highest BCUT2D eigenvalue weighted by atomic mass is 32.1. The van der Waals surface area contributed by atoms with Crippen LogP contribution in [0.3, 0.4) is 0 Å². The van der Waals surface area contributed by atoms with E-state index in [1.54, 1.807) is 11.3 Å². The van der Waals surface area contributed by atoms with Crippen molar-refractivity contribution in [1.29, 1.82) is 0 Å². The van der Waals surface area contributed by atoms with Crippen molar-refractivity contribution in [2.45, 2.75) is 39.0 Å². The van der Waals surface area contributed by atoms with Gasteiger partial charge in [-0.3, -0.25) is 4.79 Å². The van der Waals surface area contributed by atoms with E-state index in [-0.39, 0.29) is 11.3 Å². The average Bonchev–Trinajstić information content (AvgIpc) is 3.27. The van der Waals surface area contributed by atoms with E-state index in [2.05, 4.69) is 39.6 Å². The fourth-order valence-corrected chi connectivity index (χ4v) is 4.80. The predicted octanol–water partition coefficient (Wildman–Crippen LogP) is 4.01. The zero-order valence-electron chi connectivity index (χ0n) is 16.0. The number of amides is 1. The lowest BCUT2D eigenvalue weighted by Crippen LogP contribution is -2.46. The summed E-state index contributed by atoms with van der Waals surface area (Å²) in [4.78, 5) is 27.2. The Kier molecular flexibility index (Phi) is 4.60. The number of benzene rings is 1.